The molecule has 8 unspecified atom stereocenters. The van der Waals surface area contributed by atoms with Gasteiger partial charge in [0.1, 0.15) is 18.0 Å². The average molecular weight is 617 g/mol. The lowest BCUT2D eigenvalue weighted by atomic mass is 9.48. The second-order valence-electron chi connectivity index (χ2n) is 14.8. The van der Waals surface area contributed by atoms with Crippen LogP contribution in [0.2, 0.25) is 0 Å². The molecule has 6 saturated carbocycles. The number of benzene rings is 1. The van der Waals surface area contributed by atoms with Crippen LogP contribution in [0.4, 0.5) is 0 Å². The largest absolute Gasteiger partial charge is 0.458 e. The average Bonchev–Trinajstić information content (AvgIpc) is 3.54. The maximum absolute atomic E-state index is 14.0. The van der Waals surface area contributed by atoms with Gasteiger partial charge in [0.15, 0.2) is 0 Å². The van der Waals surface area contributed by atoms with Gasteiger partial charge in [0.2, 0.25) is 0 Å². The Morgan fingerprint density at radius 1 is 0.977 bits per heavy atom. The predicted octanol–water partition coefficient (Wildman–Crippen LogP) is 3.99. The van der Waals surface area contributed by atoms with E-state index in [0.717, 1.165) is 19.3 Å². The van der Waals surface area contributed by atoms with Gasteiger partial charge in [-0.15, -0.1) is 0 Å². The molecule has 0 radical (unpaired) electrons. The van der Waals surface area contributed by atoms with E-state index in [1.807, 2.05) is 27.7 Å². The maximum atomic E-state index is 14.0. The molecule has 6 aliphatic carbocycles. The summed E-state index contributed by atoms with van der Waals surface area (Å²) in [5, 5.41) is 10.7. The Balaban J connectivity index is 1.17. The first-order valence-electron chi connectivity index (χ1n) is 15.6. The van der Waals surface area contributed by atoms with Crippen molar-refractivity contribution in [1.29, 1.82) is 0 Å². The molecule has 8 rings (SSSR count). The quantitative estimate of drug-likeness (QED) is 0.261. The fourth-order valence-corrected chi connectivity index (χ4v) is 10.5. The van der Waals surface area contributed by atoms with Crippen LogP contribution in [0.15, 0.2) is 17.0 Å². The zero-order valence-electron chi connectivity index (χ0n) is 24.9. The minimum Gasteiger partial charge on any atom is -0.458 e. The minimum absolute atomic E-state index is 0.104. The van der Waals surface area contributed by atoms with Gasteiger partial charge in [-0.2, -0.15) is 8.42 Å². The number of aliphatic hydroxyl groups excluding tert-OH is 1. The zero-order chi connectivity index (χ0) is 30.7. The highest BCUT2D eigenvalue weighted by atomic mass is 32.2. The lowest BCUT2D eigenvalue weighted by molar-refractivity contribution is -0.197. The summed E-state index contributed by atoms with van der Waals surface area (Å²) >= 11 is 0. The van der Waals surface area contributed by atoms with Crippen molar-refractivity contribution in [3.05, 3.63) is 23.3 Å². The highest BCUT2D eigenvalue weighted by molar-refractivity contribution is 7.85. The highest BCUT2D eigenvalue weighted by Gasteiger charge is 2.71. The Kier molecular flexibility index (Phi) is 6.63. The first kappa shape index (κ1) is 29.2. The van der Waals surface area contributed by atoms with E-state index in [4.69, 9.17) is 14.2 Å². The molecule has 0 spiro atoms. The fourth-order valence-electron chi connectivity index (χ4n) is 9.90. The normalized spacial score (nSPS) is 40.4. The molecule has 1 aromatic carbocycles. The van der Waals surface area contributed by atoms with Crippen molar-refractivity contribution in [2.45, 2.75) is 101 Å². The SMILES string of the molecule is CC(C)c1cc(S(=O)(=O)O)cc(C(C)C)c1OC(=O)C1C2CC3C(OC(=O)C31)C2OC(=O)C12CC3CC(C1)C(O)C(C3)C2. The second kappa shape index (κ2) is 9.75. The van der Waals surface area contributed by atoms with Gasteiger partial charge in [-0.1, -0.05) is 27.7 Å². The number of carbonyl (C=O) groups is 3. The Morgan fingerprint density at radius 3 is 2.14 bits per heavy atom. The number of aliphatic hydroxyl groups is 1. The molecule has 1 heterocycles. The molecule has 234 valence electrons. The van der Waals surface area contributed by atoms with Crippen molar-refractivity contribution in [1.82, 2.24) is 0 Å². The lowest BCUT2D eigenvalue weighted by Gasteiger charge is -2.57. The van der Waals surface area contributed by atoms with E-state index in [1.165, 1.54) is 12.1 Å². The third-order valence-electron chi connectivity index (χ3n) is 11.6. The van der Waals surface area contributed by atoms with Gasteiger partial charge in [-0.3, -0.25) is 18.9 Å². The summed E-state index contributed by atoms with van der Waals surface area (Å²) in [7, 11) is -4.50. The molecule has 0 aromatic heterocycles. The van der Waals surface area contributed by atoms with Gasteiger partial charge in [-0.25, -0.2) is 0 Å². The molecular weight excluding hydrogens is 576 g/mol. The van der Waals surface area contributed by atoms with Crippen LogP contribution in [0.5, 0.6) is 5.75 Å². The maximum Gasteiger partial charge on any atom is 0.315 e. The third kappa shape index (κ3) is 4.39. The summed E-state index contributed by atoms with van der Waals surface area (Å²) in [5.41, 5.74) is 0.270. The molecule has 43 heavy (non-hydrogen) atoms. The van der Waals surface area contributed by atoms with E-state index in [0.29, 0.717) is 36.3 Å². The van der Waals surface area contributed by atoms with E-state index < -0.39 is 57.4 Å². The molecule has 10 nitrogen and oxygen atoms in total. The lowest BCUT2D eigenvalue weighted by Crippen LogP contribution is -2.57. The van der Waals surface area contributed by atoms with Crippen LogP contribution in [0.3, 0.4) is 0 Å². The zero-order valence-corrected chi connectivity index (χ0v) is 25.7. The van der Waals surface area contributed by atoms with Crippen molar-refractivity contribution in [3.8, 4) is 5.75 Å². The monoisotopic (exact) mass is 616 g/mol. The molecule has 7 aliphatic rings. The van der Waals surface area contributed by atoms with E-state index in [9.17, 15) is 32.5 Å². The summed E-state index contributed by atoms with van der Waals surface area (Å²) in [6, 6.07) is 2.64. The van der Waals surface area contributed by atoms with Crippen molar-refractivity contribution < 1.29 is 46.7 Å². The van der Waals surface area contributed by atoms with Crippen LogP contribution in [0, 0.1) is 46.8 Å². The highest BCUT2D eigenvalue weighted by Crippen LogP contribution is 2.63. The van der Waals surface area contributed by atoms with Crippen LogP contribution < -0.4 is 4.74 Å². The van der Waals surface area contributed by atoms with E-state index in [-0.39, 0.29) is 52.3 Å². The molecule has 1 aliphatic heterocycles. The molecule has 0 amide bonds. The Morgan fingerprint density at radius 2 is 1.58 bits per heavy atom. The Hall–Kier alpha value is -2.50. The molecule has 1 aromatic rings. The van der Waals surface area contributed by atoms with Gasteiger partial charge in [0, 0.05) is 11.8 Å². The van der Waals surface area contributed by atoms with Gasteiger partial charge >= 0.3 is 17.9 Å². The van der Waals surface area contributed by atoms with Crippen LogP contribution in [-0.4, -0.2) is 54.3 Å². The van der Waals surface area contributed by atoms with Crippen LogP contribution in [0.1, 0.15) is 89.2 Å². The summed E-state index contributed by atoms with van der Waals surface area (Å²) in [4.78, 5) is 40.7. The number of ether oxygens (including phenoxy) is 3. The van der Waals surface area contributed by atoms with E-state index >= 15 is 0 Å². The minimum atomic E-state index is -4.50. The van der Waals surface area contributed by atoms with Crippen LogP contribution in [-0.2, 0) is 34.0 Å². The van der Waals surface area contributed by atoms with Crippen LogP contribution in [0.25, 0.3) is 0 Å². The molecule has 7 fully saturated rings. The number of rotatable bonds is 7. The number of hydrogen-bond acceptors (Lipinski definition) is 9. The van der Waals surface area contributed by atoms with Gasteiger partial charge in [-0.05, 0) is 91.4 Å². The Bertz CT molecular complexity index is 1450. The molecular formula is C32H40O10S. The number of carbonyl (C=O) groups excluding carboxylic acids is 3. The topological polar surface area (TPSA) is 154 Å². The number of esters is 3. The van der Waals surface area contributed by atoms with Crippen molar-refractivity contribution in [2.24, 2.45) is 46.8 Å². The van der Waals surface area contributed by atoms with Crippen LogP contribution >= 0.6 is 0 Å². The van der Waals surface area contributed by atoms with Gasteiger partial charge < -0.3 is 19.3 Å². The third-order valence-corrected chi connectivity index (χ3v) is 12.4. The summed E-state index contributed by atoms with van der Waals surface area (Å²) in [6.07, 6.45) is 2.66. The fraction of sp³-hybridized carbons (Fsp3) is 0.719. The summed E-state index contributed by atoms with van der Waals surface area (Å²) in [5.74, 6) is -3.28. The van der Waals surface area contributed by atoms with Crippen molar-refractivity contribution in [2.75, 3.05) is 0 Å². The van der Waals surface area contributed by atoms with E-state index in [1.54, 1.807) is 0 Å². The molecule has 6 bridgehead atoms. The van der Waals surface area contributed by atoms with Gasteiger partial charge in [0.05, 0.1) is 28.3 Å². The molecule has 11 heteroatoms. The van der Waals surface area contributed by atoms with Gasteiger partial charge in [0.25, 0.3) is 10.1 Å². The molecule has 1 saturated heterocycles. The standard InChI is InChI=1S/C32H40O10S/c1-13(2)19-7-18(43(37,38)39)8-20(14(3)4)26(19)40-29(34)24-22-9-21-23(24)30(35)41-27(21)28(22)42-31(36)32-10-15-5-16(11-32)25(33)17(6-15)12-32/h7-8,13-17,21-25,27-28,33H,5-6,9-12H2,1-4H3,(H,37,38,39). The predicted molar refractivity (Wildman–Crippen MR) is 150 cm³/mol. The smallest absolute Gasteiger partial charge is 0.315 e. The van der Waals surface area contributed by atoms with Crippen molar-refractivity contribution in [3.63, 3.8) is 0 Å². The first-order chi connectivity index (χ1) is 20.2. The summed E-state index contributed by atoms with van der Waals surface area (Å²) < 4.78 is 51.9. The molecule has 8 atom stereocenters. The first-order valence-corrected chi connectivity index (χ1v) is 17.1. The van der Waals surface area contributed by atoms with Crippen molar-refractivity contribution >= 4 is 28.0 Å². The number of hydrogen-bond donors (Lipinski definition) is 2. The Labute approximate surface area is 251 Å². The number of fused-ring (bicyclic) bond motifs is 1. The second-order valence-corrected chi connectivity index (χ2v) is 16.2. The van der Waals surface area contributed by atoms with E-state index in [2.05, 4.69) is 0 Å². The molecule has 2 N–H and O–H groups in total. The summed E-state index contributed by atoms with van der Waals surface area (Å²) in [6.45, 7) is 7.33.